The van der Waals surface area contributed by atoms with Gasteiger partial charge in [-0.1, -0.05) is 47.0 Å². The van der Waals surface area contributed by atoms with Crippen molar-refractivity contribution in [3.05, 3.63) is 29.3 Å². The van der Waals surface area contributed by atoms with Crippen molar-refractivity contribution in [2.75, 3.05) is 0 Å². The largest absolute Gasteiger partial charge is 0.543 e. The Morgan fingerprint density at radius 2 is 1.71 bits per heavy atom. The molecule has 0 bridgehead atoms. The van der Waals surface area contributed by atoms with E-state index in [0.29, 0.717) is 0 Å². The molecule has 2 rings (SSSR count). The maximum Gasteiger partial charge on any atom is 0.250 e. The SMILES string of the molecule is CC(=O)c1ccc(O[Si](C)(C)C(C)(C)C)c(C2(C)CCCCC2)c1. The molecule has 2 nitrogen and oxygen atoms in total. The summed E-state index contributed by atoms with van der Waals surface area (Å²) in [6, 6.07) is 6.09. The zero-order valence-electron chi connectivity index (χ0n) is 16.6. The summed E-state index contributed by atoms with van der Waals surface area (Å²) < 4.78 is 6.68. The van der Waals surface area contributed by atoms with Crippen LogP contribution >= 0.6 is 0 Å². The third-order valence-corrected chi connectivity index (χ3v) is 10.5. The predicted octanol–water partition coefficient (Wildman–Crippen LogP) is 6.50. The lowest BCUT2D eigenvalue weighted by Crippen LogP contribution is -2.44. The first-order chi connectivity index (χ1) is 11.0. The molecule has 24 heavy (non-hydrogen) atoms. The molecule has 0 unspecified atom stereocenters. The van der Waals surface area contributed by atoms with Crippen molar-refractivity contribution in [2.45, 2.75) is 90.3 Å². The van der Waals surface area contributed by atoms with Gasteiger partial charge in [-0.25, -0.2) is 0 Å². The molecule has 1 saturated carbocycles. The quantitative estimate of drug-likeness (QED) is 0.460. The molecule has 0 spiro atoms. The van der Waals surface area contributed by atoms with E-state index in [2.05, 4.69) is 46.9 Å². The fourth-order valence-corrected chi connectivity index (χ4v) is 4.37. The van der Waals surface area contributed by atoms with E-state index in [-0.39, 0.29) is 16.2 Å². The number of ketones is 1. The van der Waals surface area contributed by atoms with Gasteiger partial charge in [-0.3, -0.25) is 4.79 Å². The Balaban J connectivity index is 2.49. The topological polar surface area (TPSA) is 26.3 Å². The summed E-state index contributed by atoms with van der Waals surface area (Å²) in [5.74, 6) is 1.14. The third-order valence-electron chi connectivity index (χ3n) is 6.16. The highest BCUT2D eigenvalue weighted by atomic mass is 28.4. The molecule has 0 atom stereocenters. The number of rotatable bonds is 4. The summed E-state index contributed by atoms with van der Waals surface area (Å²) in [7, 11) is -1.90. The Morgan fingerprint density at radius 3 is 2.21 bits per heavy atom. The molecular formula is C21H34O2Si. The van der Waals surface area contributed by atoms with Gasteiger partial charge in [0.25, 0.3) is 0 Å². The van der Waals surface area contributed by atoms with Crippen LogP contribution in [-0.2, 0) is 5.41 Å². The summed E-state index contributed by atoms with van der Waals surface area (Å²) in [5.41, 5.74) is 2.18. The van der Waals surface area contributed by atoms with Crippen LogP contribution in [0.15, 0.2) is 18.2 Å². The molecule has 1 fully saturated rings. The maximum atomic E-state index is 11.9. The first-order valence-electron chi connectivity index (χ1n) is 9.31. The van der Waals surface area contributed by atoms with Gasteiger partial charge < -0.3 is 4.43 Å². The van der Waals surface area contributed by atoms with Crippen molar-refractivity contribution in [3.63, 3.8) is 0 Å². The van der Waals surface area contributed by atoms with Gasteiger partial charge in [-0.05, 0) is 67.1 Å². The normalized spacial score (nSPS) is 18.3. The second-order valence-electron chi connectivity index (χ2n) is 9.25. The van der Waals surface area contributed by atoms with E-state index in [4.69, 9.17) is 4.43 Å². The van der Waals surface area contributed by atoms with Crippen LogP contribution in [0, 0.1) is 0 Å². The molecule has 0 N–H and O–H groups in total. The summed E-state index contributed by atoms with van der Waals surface area (Å²) in [5, 5.41) is 0.164. The molecule has 1 aliphatic carbocycles. The molecule has 1 aliphatic rings. The predicted molar refractivity (Wildman–Crippen MR) is 105 cm³/mol. The van der Waals surface area contributed by atoms with Gasteiger partial charge in [0.15, 0.2) is 5.78 Å². The smallest absolute Gasteiger partial charge is 0.250 e. The van der Waals surface area contributed by atoms with Gasteiger partial charge in [-0.15, -0.1) is 0 Å². The maximum absolute atomic E-state index is 11.9. The lowest BCUT2D eigenvalue weighted by molar-refractivity contribution is 0.101. The minimum Gasteiger partial charge on any atom is -0.543 e. The zero-order chi connectivity index (χ0) is 18.2. The van der Waals surface area contributed by atoms with Gasteiger partial charge in [0.05, 0.1) is 0 Å². The average Bonchev–Trinajstić information content (AvgIpc) is 2.46. The molecule has 134 valence electrons. The first kappa shape index (κ1) is 19.2. The van der Waals surface area contributed by atoms with Crippen LogP contribution in [0.4, 0.5) is 0 Å². The monoisotopic (exact) mass is 346 g/mol. The van der Waals surface area contributed by atoms with Crippen molar-refractivity contribution in [3.8, 4) is 5.75 Å². The summed E-state index contributed by atoms with van der Waals surface area (Å²) in [4.78, 5) is 11.9. The Kier molecular flexibility index (Phi) is 5.34. The van der Waals surface area contributed by atoms with Crippen molar-refractivity contribution < 1.29 is 9.22 Å². The van der Waals surface area contributed by atoms with Gasteiger partial charge in [0, 0.05) is 5.56 Å². The van der Waals surface area contributed by atoms with E-state index in [1.54, 1.807) is 6.92 Å². The Labute approximate surface area is 149 Å². The summed E-state index contributed by atoms with van der Waals surface area (Å²) in [6.45, 7) is 15.4. The third kappa shape index (κ3) is 3.93. The number of hydrogen-bond acceptors (Lipinski definition) is 2. The van der Waals surface area contributed by atoms with Crippen LogP contribution in [0.2, 0.25) is 18.1 Å². The van der Waals surface area contributed by atoms with Crippen LogP contribution in [0.25, 0.3) is 0 Å². The molecule has 0 aromatic heterocycles. The van der Waals surface area contributed by atoms with Crippen molar-refractivity contribution in [1.82, 2.24) is 0 Å². The molecule has 0 aliphatic heterocycles. The van der Waals surface area contributed by atoms with Crippen LogP contribution in [-0.4, -0.2) is 14.1 Å². The van der Waals surface area contributed by atoms with Crippen LogP contribution < -0.4 is 4.43 Å². The van der Waals surface area contributed by atoms with Gasteiger partial charge in [0.2, 0.25) is 8.32 Å². The molecule has 0 heterocycles. The number of carbonyl (C=O) groups is 1. The molecular weight excluding hydrogens is 312 g/mol. The minimum absolute atomic E-state index is 0.126. The Morgan fingerprint density at radius 1 is 1.12 bits per heavy atom. The standard InChI is InChI=1S/C21H34O2Si/c1-16(22)17-11-12-19(23-24(6,7)20(2,3)4)18(15-17)21(5)13-9-8-10-14-21/h11-12,15H,8-10,13-14H2,1-7H3. The van der Waals surface area contributed by atoms with Crippen LogP contribution in [0.1, 0.15) is 82.6 Å². The number of carbonyl (C=O) groups excluding carboxylic acids is 1. The van der Waals surface area contributed by atoms with E-state index >= 15 is 0 Å². The molecule has 0 radical (unpaired) electrons. The number of benzene rings is 1. The second-order valence-corrected chi connectivity index (χ2v) is 14.0. The molecule has 1 aromatic rings. The number of hydrogen-bond donors (Lipinski definition) is 0. The average molecular weight is 347 g/mol. The minimum atomic E-state index is -1.90. The van der Waals surface area contributed by atoms with E-state index in [9.17, 15) is 4.79 Å². The van der Waals surface area contributed by atoms with Crippen molar-refractivity contribution in [1.29, 1.82) is 0 Å². The zero-order valence-corrected chi connectivity index (χ0v) is 17.6. The van der Waals surface area contributed by atoms with Crippen molar-refractivity contribution >= 4 is 14.1 Å². The Bertz CT molecular complexity index is 605. The number of Topliss-reactive ketones (excluding diaryl/α,β-unsaturated/α-hetero) is 1. The van der Waals surface area contributed by atoms with Gasteiger partial charge >= 0.3 is 0 Å². The molecule has 1 aromatic carbocycles. The van der Waals surface area contributed by atoms with E-state index in [0.717, 1.165) is 11.3 Å². The summed E-state index contributed by atoms with van der Waals surface area (Å²) in [6.07, 6.45) is 6.21. The van der Waals surface area contributed by atoms with Crippen molar-refractivity contribution in [2.24, 2.45) is 0 Å². The summed E-state index contributed by atoms with van der Waals surface area (Å²) >= 11 is 0. The fourth-order valence-electron chi connectivity index (χ4n) is 3.34. The first-order valence-corrected chi connectivity index (χ1v) is 12.2. The molecule has 0 amide bonds. The van der Waals surface area contributed by atoms with Crippen LogP contribution in [0.5, 0.6) is 5.75 Å². The van der Waals surface area contributed by atoms with Gasteiger partial charge in [-0.2, -0.15) is 0 Å². The van der Waals surface area contributed by atoms with Gasteiger partial charge in [0.1, 0.15) is 5.75 Å². The van der Waals surface area contributed by atoms with E-state index < -0.39 is 8.32 Å². The van der Waals surface area contributed by atoms with E-state index in [1.165, 1.54) is 37.7 Å². The molecule has 3 heteroatoms. The second kappa shape index (κ2) is 6.66. The fraction of sp³-hybridized carbons (Fsp3) is 0.667. The highest BCUT2D eigenvalue weighted by molar-refractivity contribution is 6.74. The van der Waals surface area contributed by atoms with E-state index in [1.807, 2.05) is 12.1 Å². The Hall–Kier alpha value is -1.09. The van der Waals surface area contributed by atoms with Crippen LogP contribution in [0.3, 0.4) is 0 Å². The highest BCUT2D eigenvalue weighted by Gasteiger charge is 2.41. The highest BCUT2D eigenvalue weighted by Crippen LogP contribution is 2.45. The lowest BCUT2D eigenvalue weighted by Gasteiger charge is -2.40. The molecule has 0 saturated heterocycles. The lowest BCUT2D eigenvalue weighted by atomic mass is 9.70.